The molecule has 2 N–H and O–H groups in total. The van der Waals surface area contributed by atoms with Crippen LogP contribution >= 0.6 is 0 Å². The molecule has 12 heavy (non-hydrogen) atoms. The highest BCUT2D eigenvalue weighted by atomic mass is 16.6. The van der Waals surface area contributed by atoms with Crippen molar-refractivity contribution in [1.82, 2.24) is 0 Å². The lowest BCUT2D eigenvalue weighted by Gasteiger charge is -1.92. The van der Waals surface area contributed by atoms with E-state index in [1.807, 2.05) is 0 Å². The zero-order chi connectivity index (χ0) is 9.14. The minimum absolute atomic E-state index is 0.181. The van der Waals surface area contributed by atoms with Crippen molar-refractivity contribution in [3.05, 3.63) is 39.9 Å². The fraction of sp³-hybridized carbons (Fsp3) is 0. The van der Waals surface area contributed by atoms with Gasteiger partial charge in [0.25, 0.3) is 5.69 Å². The van der Waals surface area contributed by atoms with Gasteiger partial charge in [-0.3, -0.25) is 14.9 Å². The molecule has 5 nitrogen and oxygen atoms in total. The summed E-state index contributed by atoms with van der Waals surface area (Å²) in [7, 11) is 0. The number of nitro benzene ring substituents is 1. The Morgan fingerprint density at radius 1 is 1.58 bits per heavy atom. The number of hydrogen-bond donors (Lipinski definition) is 1. The maximum atomic E-state index is 10.5. The predicted molar refractivity (Wildman–Crippen MR) is 40.5 cm³/mol. The third kappa shape index (κ3) is 1.57. The Hall–Kier alpha value is -1.91. The smallest absolute Gasteiger partial charge is 0.277 e. The van der Waals surface area contributed by atoms with Gasteiger partial charge in [0, 0.05) is 11.6 Å². The van der Waals surface area contributed by atoms with Crippen LogP contribution < -0.4 is 5.73 Å². The molecule has 1 aromatic rings. The van der Waals surface area contributed by atoms with Crippen molar-refractivity contribution in [2.45, 2.75) is 0 Å². The van der Waals surface area contributed by atoms with Crippen molar-refractivity contribution in [3.8, 4) is 0 Å². The second kappa shape index (κ2) is 3.00. The molecule has 0 atom stereocenters. The third-order valence-corrected chi connectivity index (χ3v) is 1.28. The fourth-order valence-corrected chi connectivity index (χ4v) is 0.683. The molecule has 0 saturated carbocycles. The average molecular weight is 165 g/mol. The van der Waals surface area contributed by atoms with Crippen molar-refractivity contribution < 1.29 is 9.72 Å². The largest absolute Gasteiger partial charge is 0.366 e. The second-order valence-electron chi connectivity index (χ2n) is 2.08. The Morgan fingerprint density at radius 3 is 2.58 bits per heavy atom. The molecule has 1 rings (SSSR count). The minimum Gasteiger partial charge on any atom is -0.366 e. The van der Waals surface area contributed by atoms with Gasteiger partial charge < -0.3 is 5.73 Å². The molecule has 0 saturated heterocycles. The molecule has 0 aromatic heterocycles. The van der Waals surface area contributed by atoms with E-state index < -0.39 is 10.8 Å². The molecule has 0 unspecified atom stereocenters. The predicted octanol–water partition coefficient (Wildman–Crippen LogP) is 0.494. The lowest BCUT2D eigenvalue weighted by atomic mass is 10.2. The lowest BCUT2D eigenvalue weighted by molar-refractivity contribution is -0.385. The Bertz CT molecular complexity index is 285. The van der Waals surface area contributed by atoms with Gasteiger partial charge in [-0.15, -0.1) is 0 Å². The summed E-state index contributed by atoms with van der Waals surface area (Å²) in [6, 6.07) is 5.98. The van der Waals surface area contributed by atoms with Crippen LogP contribution in [0.25, 0.3) is 0 Å². The summed E-state index contributed by atoms with van der Waals surface area (Å²) in [5.41, 5.74) is 4.94. The molecular weight excluding hydrogens is 160 g/mol. The maximum Gasteiger partial charge on any atom is 0.277 e. The molecule has 1 amide bonds. The first-order valence-corrected chi connectivity index (χ1v) is 3.07. The summed E-state index contributed by atoms with van der Waals surface area (Å²) in [6.07, 6.45) is 0. The number of nitrogens with zero attached hydrogens (tertiary/aromatic N) is 1. The fourth-order valence-electron chi connectivity index (χ4n) is 0.683. The first kappa shape index (κ1) is 8.19. The third-order valence-electron chi connectivity index (χ3n) is 1.28. The Labute approximate surface area is 68.0 Å². The van der Waals surface area contributed by atoms with E-state index in [1.165, 1.54) is 18.2 Å². The Kier molecular flexibility index (Phi) is 2.05. The molecule has 0 heterocycles. The maximum absolute atomic E-state index is 10.5. The van der Waals surface area contributed by atoms with Crippen LogP contribution in [0.2, 0.25) is 0 Å². The second-order valence-corrected chi connectivity index (χ2v) is 2.08. The Morgan fingerprint density at radius 2 is 2.25 bits per heavy atom. The number of primary amides is 1. The molecule has 61 valence electrons. The summed E-state index contributed by atoms with van der Waals surface area (Å²) in [5.74, 6) is -0.624. The SMILES string of the molecule is NC(=O)c1c[c]c([N+](=O)[O-])cc1. The van der Waals surface area contributed by atoms with Crippen LogP contribution in [0.4, 0.5) is 5.69 Å². The van der Waals surface area contributed by atoms with Crippen LogP contribution in [-0.4, -0.2) is 10.8 Å². The van der Waals surface area contributed by atoms with E-state index in [0.717, 1.165) is 0 Å². The number of amides is 1. The van der Waals surface area contributed by atoms with Gasteiger partial charge >= 0.3 is 0 Å². The van der Waals surface area contributed by atoms with E-state index in [-0.39, 0.29) is 11.3 Å². The van der Waals surface area contributed by atoms with E-state index in [9.17, 15) is 14.9 Å². The van der Waals surface area contributed by atoms with Crippen molar-refractivity contribution in [2.75, 3.05) is 0 Å². The zero-order valence-electron chi connectivity index (χ0n) is 5.98. The molecule has 0 aliphatic heterocycles. The minimum atomic E-state index is -0.624. The number of nitro groups is 1. The summed E-state index contributed by atoms with van der Waals surface area (Å²) in [4.78, 5) is 20.1. The molecule has 1 radical (unpaired) electrons. The van der Waals surface area contributed by atoms with Crippen molar-refractivity contribution in [1.29, 1.82) is 0 Å². The van der Waals surface area contributed by atoms with Gasteiger partial charge in [-0.1, -0.05) is 0 Å². The van der Waals surface area contributed by atoms with Crippen LogP contribution in [0.15, 0.2) is 18.2 Å². The van der Waals surface area contributed by atoms with Crippen molar-refractivity contribution in [2.24, 2.45) is 5.73 Å². The number of hydrogen-bond acceptors (Lipinski definition) is 3. The summed E-state index contributed by atoms with van der Waals surface area (Å²) in [5, 5.41) is 10.1. The van der Waals surface area contributed by atoms with Gasteiger partial charge in [-0.05, 0) is 12.1 Å². The van der Waals surface area contributed by atoms with Gasteiger partial charge in [0.15, 0.2) is 0 Å². The van der Waals surface area contributed by atoms with Gasteiger partial charge in [-0.25, -0.2) is 0 Å². The quantitative estimate of drug-likeness (QED) is 0.511. The number of rotatable bonds is 2. The van der Waals surface area contributed by atoms with Gasteiger partial charge in [0.2, 0.25) is 5.91 Å². The van der Waals surface area contributed by atoms with E-state index in [2.05, 4.69) is 6.07 Å². The summed E-state index contributed by atoms with van der Waals surface area (Å²) < 4.78 is 0. The average Bonchev–Trinajstić information content (AvgIpc) is 2.04. The van der Waals surface area contributed by atoms with Crippen LogP contribution in [-0.2, 0) is 0 Å². The van der Waals surface area contributed by atoms with Crippen LogP contribution in [0.5, 0.6) is 0 Å². The van der Waals surface area contributed by atoms with E-state index >= 15 is 0 Å². The first-order chi connectivity index (χ1) is 5.61. The highest BCUT2D eigenvalue weighted by molar-refractivity contribution is 5.92. The monoisotopic (exact) mass is 165 g/mol. The molecule has 0 spiro atoms. The number of carbonyl (C=O) groups excluding carboxylic acids is 1. The van der Waals surface area contributed by atoms with E-state index in [4.69, 9.17) is 5.73 Å². The first-order valence-electron chi connectivity index (χ1n) is 3.07. The molecular formula is C7H5N2O3. The number of carbonyl (C=O) groups is 1. The van der Waals surface area contributed by atoms with Gasteiger partial charge in [0.1, 0.15) is 0 Å². The Balaban J connectivity index is 3.01. The highest BCUT2D eigenvalue weighted by Crippen LogP contribution is 2.09. The normalized spacial score (nSPS) is 9.33. The van der Waals surface area contributed by atoms with Gasteiger partial charge in [-0.2, -0.15) is 0 Å². The molecule has 1 aromatic carbocycles. The lowest BCUT2D eigenvalue weighted by Crippen LogP contribution is -2.10. The van der Waals surface area contributed by atoms with Crippen LogP contribution in [0.1, 0.15) is 10.4 Å². The molecule has 0 aliphatic carbocycles. The molecule has 0 bridgehead atoms. The van der Waals surface area contributed by atoms with Crippen LogP contribution in [0.3, 0.4) is 0 Å². The number of nitrogens with two attached hydrogens (primary N) is 1. The number of benzene rings is 1. The van der Waals surface area contributed by atoms with Crippen molar-refractivity contribution >= 4 is 11.6 Å². The van der Waals surface area contributed by atoms with Gasteiger partial charge in [0.05, 0.1) is 11.0 Å². The zero-order valence-corrected chi connectivity index (χ0v) is 5.98. The molecule has 0 fully saturated rings. The van der Waals surface area contributed by atoms with Crippen molar-refractivity contribution in [3.63, 3.8) is 0 Å². The number of non-ortho nitro benzene ring substituents is 1. The topological polar surface area (TPSA) is 86.2 Å². The molecule has 5 heteroatoms. The highest BCUT2D eigenvalue weighted by Gasteiger charge is 2.06. The van der Waals surface area contributed by atoms with Crippen LogP contribution in [0, 0.1) is 16.2 Å². The standard InChI is InChI=1S/C7H5N2O3/c8-7(10)5-1-3-6(4-2-5)9(11)12/h1-3H,(H2,8,10). The van der Waals surface area contributed by atoms with E-state index in [1.54, 1.807) is 0 Å². The van der Waals surface area contributed by atoms with E-state index in [0.29, 0.717) is 0 Å². The molecule has 0 aliphatic rings. The summed E-state index contributed by atoms with van der Waals surface area (Å²) in [6.45, 7) is 0. The summed E-state index contributed by atoms with van der Waals surface area (Å²) >= 11 is 0.